The van der Waals surface area contributed by atoms with E-state index in [0.717, 1.165) is 18.0 Å². The van der Waals surface area contributed by atoms with Crippen LogP contribution in [0.5, 0.6) is 0 Å². The van der Waals surface area contributed by atoms with Crippen molar-refractivity contribution in [2.24, 2.45) is 0 Å². The van der Waals surface area contributed by atoms with E-state index in [0.29, 0.717) is 6.04 Å². The first kappa shape index (κ1) is 6.87. The van der Waals surface area contributed by atoms with E-state index in [1.165, 1.54) is 12.8 Å². The molecule has 0 aliphatic carbocycles. The smallest absolute Gasteiger partial charge is 0.0960 e. The second-order valence-electron chi connectivity index (χ2n) is 3.42. The Morgan fingerprint density at radius 3 is 3.18 bits per heavy atom. The van der Waals surface area contributed by atoms with Crippen molar-refractivity contribution in [1.82, 2.24) is 4.90 Å². The van der Waals surface area contributed by atoms with E-state index >= 15 is 0 Å². The first-order valence-electron chi connectivity index (χ1n) is 4.15. The Hall–Kier alpha value is -0.810. The summed E-state index contributed by atoms with van der Waals surface area (Å²) in [7, 11) is 2.13. The van der Waals surface area contributed by atoms with Gasteiger partial charge in [-0.1, -0.05) is 6.08 Å². The molecule has 2 heterocycles. The minimum absolute atomic E-state index is 0.443. The highest BCUT2D eigenvalue weighted by Crippen LogP contribution is 2.33. The molecule has 2 aliphatic rings. The Morgan fingerprint density at radius 2 is 2.45 bits per heavy atom. The average molecular weight is 148 g/mol. The Kier molecular flexibility index (Phi) is 1.47. The van der Waals surface area contributed by atoms with Crippen LogP contribution in [0.1, 0.15) is 19.3 Å². The van der Waals surface area contributed by atoms with Gasteiger partial charge in [-0.05, 0) is 26.3 Å². The molecule has 0 aromatic heterocycles. The largest absolute Gasteiger partial charge is 0.295 e. The molecule has 0 spiro atoms. The topological polar surface area (TPSA) is 27.0 Å². The van der Waals surface area contributed by atoms with E-state index in [-0.39, 0.29) is 0 Å². The predicted molar refractivity (Wildman–Crippen MR) is 42.9 cm³/mol. The van der Waals surface area contributed by atoms with E-state index in [2.05, 4.69) is 24.1 Å². The van der Waals surface area contributed by atoms with Gasteiger partial charge >= 0.3 is 0 Å². The van der Waals surface area contributed by atoms with Crippen molar-refractivity contribution in [2.45, 2.75) is 31.3 Å². The first-order chi connectivity index (χ1) is 5.33. The summed E-state index contributed by atoms with van der Waals surface area (Å²) >= 11 is 0. The third-order valence-corrected chi connectivity index (χ3v) is 2.94. The van der Waals surface area contributed by atoms with Gasteiger partial charge in [0.2, 0.25) is 0 Å². The van der Waals surface area contributed by atoms with Gasteiger partial charge in [0.15, 0.2) is 0 Å². The van der Waals surface area contributed by atoms with Gasteiger partial charge in [0.1, 0.15) is 0 Å². The molecule has 0 N–H and O–H groups in total. The van der Waals surface area contributed by atoms with Gasteiger partial charge < -0.3 is 0 Å². The summed E-state index contributed by atoms with van der Waals surface area (Å²) < 4.78 is 0. The van der Waals surface area contributed by atoms with Crippen molar-refractivity contribution in [3.63, 3.8) is 0 Å². The number of hydrogen-bond donors (Lipinski definition) is 0. The fourth-order valence-electron chi connectivity index (χ4n) is 2.19. The van der Waals surface area contributed by atoms with Crippen molar-refractivity contribution in [1.29, 1.82) is 5.26 Å². The summed E-state index contributed by atoms with van der Waals surface area (Å²) in [4.78, 5) is 2.35. The van der Waals surface area contributed by atoms with Gasteiger partial charge in [0.05, 0.1) is 6.07 Å². The van der Waals surface area contributed by atoms with Crippen molar-refractivity contribution in [2.75, 3.05) is 7.05 Å². The average Bonchev–Trinajstić information content (AvgIpc) is 2.31. The van der Waals surface area contributed by atoms with Gasteiger partial charge in [0, 0.05) is 17.7 Å². The third-order valence-electron chi connectivity index (χ3n) is 2.94. The van der Waals surface area contributed by atoms with Crippen molar-refractivity contribution < 1.29 is 0 Å². The van der Waals surface area contributed by atoms with Crippen molar-refractivity contribution in [3.05, 3.63) is 11.6 Å². The highest BCUT2D eigenvalue weighted by molar-refractivity contribution is 5.31. The van der Waals surface area contributed by atoms with Crippen LogP contribution in [0.3, 0.4) is 0 Å². The molecule has 58 valence electrons. The lowest BCUT2D eigenvalue weighted by Crippen LogP contribution is -2.35. The fraction of sp³-hybridized carbons (Fsp3) is 0.667. The molecule has 2 atom stereocenters. The monoisotopic (exact) mass is 148 g/mol. The van der Waals surface area contributed by atoms with Crippen LogP contribution < -0.4 is 0 Å². The minimum atomic E-state index is 0.443. The summed E-state index contributed by atoms with van der Waals surface area (Å²) in [5.74, 6) is 0. The fourth-order valence-corrected chi connectivity index (χ4v) is 2.19. The van der Waals surface area contributed by atoms with Crippen molar-refractivity contribution in [3.8, 4) is 6.07 Å². The summed E-state index contributed by atoms with van der Waals surface area (Å²) in [6, 6.07) is 3.44. The molecule has 0 unspecified atom stereocenters. The second-order valence-corrected chi connectivity index (χ2v) is 3.42. The van der Waals surface area contributed by atoms with E-state index in [4.69, 9.17) is 5.26 Å². The molecule has 0 saturated carbocycles. The van der Waals surface area contributed by atoms with Crippen LogP contribution in [0.4, 0.5) is 0 Å². The Balaban J connectivity index is 2.29. The van der Waals surface area contributed by atoms with Crippen LogP contribution in [0.2, 0.25) is 0 Å². The number of likely N-dealkylation sites (N-methyl/N-ethyl adjacent to an activating group) is 1. The maximum Gasteiger partial charge on any atom is 0.0960 e. The Labute approximate surface area is 67.1 Å². The van der Waals surface area contributed by atoms with Crippen LogP contribution in [-0.4, -0.2) is 24.0 Å². The zero-order valence-electron chi connectivity index (χ0n) is 6.75. The van der Waals surface area contributed by atoms with Gasteiger partial charge in [-0.25, -0.2) is 0 Å². The summed E-state index contributed by atoms with van der Waals surface area (Å²) in [5, 5.41) is 8.78. The normalized spacial score (nSPS) is 36.5. The lowest BCUT2D eigenvalue weighted by molar-refractivity contribution is 0.254. The van der Waals surface area contributed by atoms with E-state index in [1.807, 2.05) is 0 Å². The molecule has 2 nitrogen and oxygen atoms in total. The van der Waals surface area contributed by atoms with E-state index in [1.54, 1.807) is 0 Å². The van der Waals surface area contributed by atoms with Gasteiger partial charge in [0.25, 0.3) is 0 Å². The number of rotatable bonds is 0. The van der Waals surface area contributed by atoms with Gasteiger partial charge in [-0.15, -0.1) is 0 Å². The molecule has 0 amide bonds. The lowest BCUT2D eigenvalue weighted by atomic mass is 10.0. The highest BCUT2D eigenvalue weighted by Gasteiger charge is 2.35. The maximum absolute atomic E-state index is 8.78. The molecule has 11 heavy (non-hydrogen) atoms. The summed E-state index contributed by atoms with van der Waals surface area (Å²) in [6.45, 7) is 0. The van der Waals surface area contributed by atoms with Crippen LogP contribution >= 0.6 is 0 Å². The second kappa shape index (κ2) is 2.35. The third kappa shape index (κ3) is 0.883. The van der Waals surface area contributed by atoms with E-state index in [9.17, 15) is 0 Å². The molecular formula is C9H12N2. The summed E-state index contributed by atoms with van der Waals surface area (Å²) in [5.41, 5.74) is 0.987. The Bertz CT molecular complexity index is 236. The molecule has 2 rings (SSSR count). The molecule has 2 heteroatoms. The van der Waals surface area contributed by atoms with Crippen LogP contribution in [-0.2, 0) is 0 Å². The van der Waals surface area contributed by atoms with Crippen molar-refractivity contribution >= 4 is 0 Å². The lowest BCUT2D eigenvalue weighted by Gasteiger charge is -2.28. The molecule has 2 aliphatic heterocycles. The molecule has 0 radical (unpaired) electrons. The number of fused-ring (bicyclic) bond motifs is 2. The Morgan fingerprint density at radius 1 is 1.64 bits per heavy atom. The predicted octanol–water partition coefficient (Wildman–Crippen LogP) is 1.30. The molecule has 0 aromatic rings. The SMILES string of the molecule is CN1[C@@H]2CC=C(C#N)[C@H]1CC2. The molecule has 1 fully saturated rings. The van der Waals surface area contributed by atoms with Gasteiger partial charge in [-0.2, -0.15) is 5.26 Å². The number of nitriles is 1. The van der Waals surface area contributed by atoms with Gasteiger partial charge in [-0.3, -0.25) is 4.90 Å². The minimum Gasteiger partial charge on any atom is -0.295 e. The maximum atomic E-state index is 8.78. The zero-order valence-corrected chi connectivity index (χ0v) is 6.75. The van der Waals surface area contributed by atoms with Crippen LogP contribution in [0, 0.1) is 11.3 Å². The zero-order chi connectivity index (χ0) is 7.84. The standard InChI is InChI=1S/C9H12N2/c1-11-8-3-2-7(6-10)9(11)5-4-8/h2,8-9H,3-5H2,1H3/t8-,9-/m1/s1. The highest BCUT2D eigenvalue weighted by atomic mass is 15.2. The quantitative estimate of drug-likeness (QED) is 0.517. The number of nitrogens with zero attached hydrogens (tertiary/aromatic N) is 2. The van der Waals surface area contributed by atoms with E-state index < -0.39 is 0 Å². The molecular weight excluding hydrogens is 136 g/mol. The molecule has 1 saturated heterocycles. The summed E-state index contributed by atoms with van der Waals surface area (Å²) in [6.07, 6.45) is 5.64. The molecule has 2 bridgehead atoms. The number of hydrogen-bond acceptors (Lipinski definition) is 2. The first-order valence-corrected chi connectivity index (χ1v) is 4.15. The van der Waals surface area contributed by atoms with Crippen LogP contribution in [0.15, 0.2) is 11.6 Å². The molecule has 0 aromatic carbocycles. The van der Waals surface area contributed by atoms with Crippen LogP contribution in [0.25, 0.3) is 0 Å².